The molecule has 2 aliphatic rings. The Bertz CT molecular complexity index is 838. The first-order valence-electron chi connectivity index (χ1n) is 10.00. The highest BCUT2D eigenvalue weighted by Gasteiger charge is 2.45. The van der Waals surface area contributed by atoms with E-state index in [1.165, 1.54) is 0 Å². The molecule has 7 heteroatoms. The number of rotatable bonds is 7. The van der Waals surface area contributed by atoms with Gasteiger partial charge in [0.1, 0.15) is 0 Å². The van der Waals surface area contributed by atoms with Crippen LogP contribution in [0.5, 0.6) is 0 Å². The maximum Gasteiger partial charge on any atom is 0.225 e. The molecule has 2 atom stereocenters. The zero-order valence-electron chi connectivity index (χ0n) is 16.6. The Hall–Kier alpha value is -2.57. The lowest BCUT2D eigenvalue weighted by molar-refractivity contribution is -0.130. The fraction of sp³-hybridized carbons (Fsp3) is 0.571. The Kier molecular flexibility index (Phi) is 5.00. The Balaban J connectivity index is 1.41. The zero-order chi connectivity index (χ0) is 19.7. The molecule has 28 heavy (non-hydrogen) atoms. The van der Waals surface area contributed by atoms with Crippen LogP contribution in [0.15, 0.2) is 35.5 Å². The average molecular weight is 384 g/mol. The molecule has 1 N–H and O–H groups in total. The molecule has 1 saturated carbocycles. The van der Waals surface area contributed by atoms with E-state index in [0.29, 0.717) is 32.5 Å². The van der Waals surface area contributed by atoms with Crippen LogP contribution in [0.25, 0.3) is 0 Å². The molecule has 3 heterocycles. The maximum absolute atomic E-state index is 12.8. The van der Waals surface area contributed by atoms with E-state index >= 15 is 0 Å². The third-order valence-corrected chi connectivity index (χ3v) is 6.31. The van der Waals surface area contributed by atoms with Crippen molar-refractivity contribution in [3.05, 3.63) is 42.4 Å². The average Bonchev–Trinajstić information content (AvgIpc) is 3.09. The molecule has 0 bridgehead atoms. The maximum atomic E-state index is 12.8. The fourth-order valence-corrected chi connectivity index (χ4v) is 4.04. The smallest absolute Gasteiger partial charge is 0.225 e. The number of imidazole rings is 1. The second kappa shape index (κ2) is 7.45. The summed E-state index contributed by atoms with van der Waals surface area (Å²) < 4.78 is 7.10. The van der Waals surface area contributed by atoms with Gasteiger partial charge in [-0.3, -0.25) is 9.59 Å². The second-order valence-corrected chi connectivity index (χ2v) is 8.50. The van der Waals surface area contributed by atoms with Crippen LogP contribution >= 0.6 is 0 Å². The first kappa shape index (κ1) is 18.8. The number of nitrogens with one attached hydrogen (secondary N) is 1. The van der Waals surface area contributed by atoms with Gasteiger partial charge in [0, 0.05) is 62.2 Å². The van der Waals surface area contributed by atoms with Gasteiger partial charge in [0.25, 0.3) is 0 Å². The predicted octanol–water partition coefficient (Wildman–Crippen LogP) is 2.10. The van der Waals surface area contributed by atoms with Crippen molar-refractivity contribution in [2.24, 2.45) is 18.4 Å². The van der Waals surface area contributed by atoms with Crippen molar-refractivity contribution in [1.82, 2.24) is 19.8 Å². The highest BCUT2D eigenvalue weighted by molar-refractivity contribution is 5.84. The highest BCUT2D eigenvalue weighted by Crippen LogP contribution is 2.45. The molecule has 1 aliphatic heterocycles. The van der Waals surface area contributed by atoms with Crippen LogP contribution in [0.2, 0.25) is 0 Å². The Morgan fingerprint density at radius 1 is 1.36 bits per heavy atom. The van der Waals surface area contributed by atoms with Gasteiger partial charge in [-0.2, -0.15) is 0 Å². The van der Waals surface area contributed by atoms with E-state index < -0.39 is 0 Å². The summed E-state index contributed by atoms with van der Waals surface area (Å²) in [5.74, 6) is 0.662. The van der Waals surface area contributed by atoms with Gasteiger partial charge in [0.05, 0.1) is 18.9 Å². The van der Waals surface area contributed by atoms with E-state index in [-0.39, 0.29) is 29.1 Å². The summed E-state index contributed by atoms with van der Waals surface area (Å²) in [5.41, 5.74) is 1.97. The van der Waals surface area contributed by atoms with Crippen molar-refractivity contribution in [1.29, 1.82) is 0 Å². The fourth-order valence-electron chi connectivity index (χ4n) is 4.04. The lowest BCUT2D eigenvalue weighted by atomic mass is 9.92. The van der Waals surface area contributed by atoms with Crippen LogP contribution in [0, 0.1) is 11.3 Å². The van der Waals surface area contributed by atoms with Gasteiger partial charge in [-0.05, 0) is 30.9 Å². The summed E-state index contributed by atoms with van der Waals surface area (Å²) >= 11 is 0. The molecule has 0 aromatic carbocycles. The molecule has 4 rings (SSSR count). The Morgan fingerprint density at radius 3 is 2.82 bits per heavy atom. The molecule has 0 spiro atoms. The quantitative estimate of drug-likeness (QED) is 0.793. The van der Waals surface area contributed by atoms with Crippen LogP contribution in [0.1, 0.15) is 43.4 Å². The Labute approximate surface area is 165 Å². The molecule has 150 valence electrons. The summed E-state index contributed by atoms with van der Waals surface area (Å²) in [5, 5.41) is 3.13. The second-order valence-electron chi connectivity index (χ2n) is 8.50. The van der Waals surface area contributed by atoms with Crippen LogP contribution in [-0.2, 0) is 23.1 Å². The number of likely N-dealkylation sites (tertiary alicyclic amines) is 1. The van der Waals surface area contributed by atoms with E-state index in [9.17, 15) is 9.59 Å². The first-order chi connectivity index (χ1) is 13.5. The number of carbonyl (C=O) groups is 2. The van der Waals surface area contributed by atoms with E-state index in [2.05, 4.69) is 10.3 Å². The van der Waals surface area contributed by atoms with Gasteiger partial charge in [-0.25, -0.2) is 4.98 Å². The Morgan fingerprint density at radius 2 is 2.18 bits per heavy atom. The van der Waals surface area contributed by atoms with Crippen molar-refractivity contribution >= 4 is 11.8 Å². The van der Waals surface area contributed by atoms with Crippen molar-refractivity contribution < 1.29 is 14.0 Å². The van der Waals surface area contributed by atoms with E-state index in [4.69, 9.17) is 4.42 Å². The minimum atomic E-state index is -0.180. The molecular weight excluding hydrogens is 356 g/mol. The van der Waals surface area contributed by atoms with E-state index in [1.54, 1.807) is 18.9 Å². The number of amides is 2. The summed E-state index contributed by atoms with van der Waals surface area (Å²) in [7, 11) is 1.98. The summed E-state index contributed by atoms with van der Waals surface area (Å²) in [6.07, 6.45) is 10.1. The van der Waals surface area contributed by atoms with Gasteiger partial charge in [-0.15, -0.1) is 0 Å². The van der Waals surface area contributed by atoms with Gasteiger partial charge in [-0.1, -0.05) is 6.92 Å². The zero-order valence-corrected chi connectivity index (χ0v) is 16.6. The lowest BCUT2D eigenvalue weighted by Gasteiger charge is -2.20. The highest BCUT2D eigenvalue weighted by atomic mass is 16.3. The summed E-state index contributed by atoms with van der Waals surface area (Å²) in [6.45, 7) is 3.94. The molecule has 2 aromatic heterocycles. The van der Waals surface area contributed by atoms with Crippen molar-refractivity contribution in [3.8, 4) is 0 Å². The number of aromatic nitrogens is 2. The van der Waals surface area contributed by atoms with Crippen molar-refractivity contribution in [3.63, 3.8) is 0 Å². The number of nitrogens with zero attached hydrogens (tertiary/aromatic N) is 3. The van der Waals surface area contributed by atoms with Crippen LogP contribution < -0.4 is 5.32 Å². The topological polar surface area (TPSA) is 80.4 Å². The molecule has 2 amide bonds. The molecule has 2 fully saturated rings. The number of hydrogen-bond donors (Lipinski definition) is 1. The van der Waals surface area contributed by atoms with E-state index in [1.807, 2.05) is 35.7 Å². The van der Waals surface area contributed by atoms with Crippen LogP contribution in [0.4, 0.5) is 0 Å². The van der Waals surface area contributed by atoms with E-state index in [0.717, 1.165) is 24.1 Å². The van der Waals surface area contributed by atoms with Gasteiger partial charge < -0.3 is 19.2 Å². The predicted molar refractivity (Wildman–Crippen MR) is 103 cm³/mol. The first-order valence-corrected chi connectivity index (χ1v) is 10.00. The molecule has 1 saturated heterocycles. The standard InChI is InChI=1S/C21H28N4O3/c1-21(6-7-21)20(27)23-9-16-11-25(12-17(16)18-10-22-14-24(18)2)19(26)4-3-15-5-8-28-13-15/h5,8,10,13-14,16-17H,3-4,6-7,9,11-12H2,1-2H3,(H,23,27)/t16-,17-/m1/s1. The van der Waals surface area contributed by atoms with Gasteiger partial charge >= 0.3 is 0 Å². The van der Waals surface area contributed by atoms with Crippen molar-refractivity contribution in [2.75, 3.05) is 19.6 Å². The SMILES string of the molecule is Cn1cncc1[C@@H]1CN(C(=O)CCc2ccoc2)C[C@H]1CNC(=O)C1(C)CC1. The third kappa shape index (κ3) is 3.84. The molecule has 2 aromatic rings. The molecular formula is C21H28N4O3. The lowest BCUT2D eigenvalue weighted by Crippen LogP contribution is -2.37. The normalized spacial score (nSPS) is 23.0. The van der Waals surface area contributed by atoms with Gasteiger partial charge in [0.2, 0.25) is 11.8 Å². The number of carbonyl (C=O) groups excluding carboxylic acids is 2. The number of aryl methyl sites for hydroxylation is 2. The van der Waals surface area contributed by atoms with Crippen LogP contribution in [0.3, 0.4) is 0 Å². The molecule has 7 nitrogen and oxygen atoms in total. The van der Waals surface area contributed by atoms with Gasteiger partial charge in [0.15, 0.2) is 0 Å². The minimum absolute atomic E-state index is 0.140. The summed E-state index contributed by atoms with van der Waals surface area (Å²) in [4.78, 5) is 31.3. The van der Waals surface area contributed by atoms with Crippen molar-refractivity contribution in [2.45, 2.75) is 38.5 Å². The number of hydrogen-bond acceptors (Lipinski definition) is 4. The number of furan rings is 1. The van der Waals surface area contributed by atoms with Crippen LogP contribution in [-0.4, -0.2) is 45.9 Å². The molecule has 0 unspecified atom stereocenters. The summed E-state index contributed by atoms with van der Waals surface area (Å²) in [6, 6.07) is 1.90. The largest absolute Gasteiger partial charge is 0.472 e. The molecule has 0 radical (unpaired) electrons. The monoisotopic (exact) mass is 384 g/mol. The third-order valence-electron chi connectivity index (χ3n) is 6.31. The molecule has 1 aliphatic carbocycles. The minimum Gasteiger partial charge on any atom is -0.472 e.